The van der Waals surface area contributed by atoms with Crippen LogP contribution in [0, 0.1) is 0 Å². The summed E-state index contributed by atoms with van der Waals surface area (Å²) in [6, 6.07) is 8.56. The Kier molecular flexibility index (Phi) is 5.66. The fourth-order valence-corrected chi connectivity index (χ4v) is 3.37. The van der Waals surface area contributed by atoms with Crippen LogP contribution in [0.5, 0.6) is 0 Å². The molecule has 27 heavy (non-hydrogen) atoms. The zero-order valence-electron chi connectivity index (χ0n) is 15.1. The first-order valence-corrected chi connectivity index (χ1v) is 9.53. The normalized spacial score (nSPS) is 10.9. The van der Waals surface area contributed by atoms with Crippen LogP contribution in [0.3, 0.4) is 0 Å². The fraction of sp³-hybridized carbons (Fsp3) is 0.263. The smallest absolute Gasteiger partial charge is 0.273 e. The largest absolute Gasteiger partial charge is 0.290 e. The van der Waals surface area contributed by atoms with E-state index in [4.69, 9.17) is 0 Å². The summed E-state index contributed by atoms with van der Waals surface area (Å²) in [5.41, 5.74) is 5.72. The van der Waals surface area contributed by atoms with E-state index in [9.17, 15) is 14.4 Å². The third-order valence-corrected chi connectivity index (χ3v) is 4.80. The maximum absolute atomic E-state index is 12.6. The highest BCUT2D eigenvalue weighted by molar-refractivity contribution is 7.07. The maximum Gasteiger partial charge on any atom is 0.290 e. The Bertz CT molecular complexity index is 1030. The van der Waals surface area contributed by atoms with E-state index < -0.39 is 5.91 Å². The molecule has 0 bridgehead atoms. The Hall–Kier alpha value is -3.00. The van der Waals surface area contributed by atoms with Gasteiger partial charge in [-0.05, 0) is 48.7 Å². The molecule has 140 valence electrons. The van der Waals surface area contributed by atoms with Crippen molar-refractivity contribution in [2.75, 3.05) is 0 Å². The summed E-state index contributed by atoms with van der Waals surface area (Å²) in [6.45, 7) is 3.63. The van der Waals surface area contributed by atoms with Gasteiger partial charge in [0.05, 0.1) is 11.4 Å². The van der Waals surface area contributed by atoms with E-state index >= 15 is 0 Å². The minimum absolute atomic E-state index is 0.0945. The summed E-state index contributed by atoms with van der Waals surface area (Å²) in [7, 11) is 0. The monoisotopic (exact) mass is 384 g/mol. The lowest BCUT2D eigenvalue weighted by Gasteiger charge is -2.13. The minimum Gasteiger partial charge on any atom is -0.273 e. The molecule has 8 heteroatoms. The summed E-state index contributed by atoms with van der Waals surface area (Å²) in [6.07, 6.45) is 0.862. The molecule has 0 spiro atoms. The first-order chi connectivity index (χ1) is 13.0. The molecule has 3 aromatic rings. The number of hydrazine groups is 1. The van der Waals surface area contributed by atoms with E-state index in [0.717, 1.165) is 5.56 Å². The quantitative estimate of drug-likeness (QED) is 0.661. The molecule has 2 aromatic heterocycles. The summed E-state index contributed by atoms with van der Waals surface area (Å²) >= 11 is 1.58. The molecule has 2 N–H and O–H groups in total. The highest BCUT2D eigenvalue weighted by Crippen LogP contribution is 2.14. The molecular weight excluding hydrogens is 364 g/mol. The average molecular weight is 384 g/mol. The van der Waals surface area contributed by atoms with Gasteiger partial charge in [-0.15, -0.1) is 0 Å². The van der Waals surface area contributed by atoms with E-state index in [1.165, 1.54) is 4.68 Å². The van der Waals surface area contributed by atoms with Gasteiger partial charge in [-0.25, -0.2) is 4.68 Å². The Morgan fingerprint density at radius 1 is 1.15 bits per heavy atom. The standard InChI is InChI=1S/C19H20N4O3S/c1-12(2)23-19(26)15-6-4-3-5-14(15)17(22-23)18(25)21-20-16(24)8-7-13-9-10-27-11-13/h3-6,9-12H,7-8H2,1-2H3,(H,20,24)(H,21,25). The van der Waals surface area contributed by atoms with Crippen LogP contribution in [-0.2, 0) is 11.2 Å². The van der Waals surface area contributed by atoms with Crippen molar-refractivity contribution < 1.29 is 9.59 Å². The molecule has 0 radical (unpaired) electrons. The first-order valence-electron chi connectivity index (χ1n) is 8.59. The van der Waals surface area contributed by atoms with E-state index in [1.807, 2.05) is 30.7 Å². The van der Waals surface area contributed by atoms with Gasteiger partial charge < -0.3 is 0 Å². The number of fused-ring (bicyclic) bond motifs is 1. The highest BCUT2D eigenvalue weighted by atomic mass is 32.1. The number of rotatable bonds is 5. The van der Waals surface area contributed by atoms with Gasteiger partial charge in [0.1, 0.15) is 0 Å². The Morgan fingerprint density at radius 2 is 1.89 bits per heavy atom. The number of benzene rings is 1. The molecule has 1 aromatic carbocycles. The summed E-state index contributed by atoms with van der Waals surface area (Å²) in [5, 5.41) is 9.00. The molecule has 0 aliphatic heterocycles. The van der Waals surface area contributed by atoms with Crippen LogP contribution in [0.2, 0.25) is 0 Å². The highest BCUT2D eigenvalue weighted by Gasteiger charge is 2.18. The van der Waals surface area contributed by atoms with E-state index in [2.05, 4.69) is 16.0 Å². The van der Waals surface area contributed by atoms with Gasteiger partial charge in [-0.1, -0.05) is 18.2 Å². The van der Waals surface area contributed by atoms with Crippen LogP contribution in [0.25, 0.3) is 10.8 Å². The number of aryl methyl sites for hydroxylation is 1. The van der Waals surface area contributed by atoms with Crippen molar-refractivity contribution in [2.24, 2.45) is 0 Å². The number of hydrogen-bond donors (Lipinski definition) is 2. The van der Waals surface area contributed by atoms with Gasteiger partial charge in [0, 0.05) is 11.8 Å². The minimum atomic E-state index is -0.565. The Balaban J connectivity index is 1.76. The fourth-order valence-electron chi connectivity index (χ4n) is 2.67. The van der Waals surface area contributed by atoms with Gasteiger partial charge in [-0.2, -0.15) is 16.4 Å². The van der Waals surface area contributed by atoms with Crippen LogP contribution in [-0.4, -0.2) is 21.6 Å². The second kappa shape index (κ2) is 8.13. The SMILES string of the molecule is CC(C)n1nc(C(=O)NNC(=O)CCc2ccsc2)c2ccccc2c1=O. The van der Waals surface area contributed by atoms with Crippen molar-refractivity contribution in [3.8, 4) is 0 Å². The zero-order valence-corrected chi connectivity index (χ0v) is 15.9. The number of thiophene rings is 1. The predicted octanol–water partition coefficient (Wildman–Crippen LogP) is 2.43. The van der Waals surface area contributed by atoms with Gasteiger partial charge in [0.2, 0.25) is 5.91 Å². The lowest BCUT2D eigenvalue weighted by molar-refractivity contribution is -0.121. The first kappa shape index (κ1) is 18.8. The molecule has 2 heterocycles. The lowest BCUT2D eigenvalue weighted by atomic mass is 10.1. The topological polar surface area (TPSA) is 93.1 Å². The van der Waals surface area contributed by atoms with Crippen LogP contribution in [0.4, 0.5) is 0 Å². The van der Waals surface area contributed by atoms with Crippen LogP contribution >= 0.6 is 11.3 Å². The van der Waals surface area contributed by atoms with Gasteiger partial charge in [-0.3, -0.25) is 25.2 Å². The summed E-state index contributed by atoms with van der Waals surface area (Å²) in [4.78, 5) is 37.1. The van der Waals surface area contributed by atoms with Crippen molar-refractivity contribution in [2.45, 2.75) is 32.7 Å². The molecule has 2 amide bonds. The predicted molar refractivity (Wildman–Crippen MR) is 105 cm³/mol. The molecular formula is C19H20N4O3S. The van der Waals surface area contributed by atoms with Gasteiger partial charge in [0.15, 0.2) is 5.69 Å². The number of carbonyl (C=O) groups excluding carboxylic acids is 2. The van der Waals surface area contributed by atoms with E-state index in [1.54, 1.807) is 35.6 Å². The van der Waals surface area contributed by atoms with E-state index in [0.29, 0.717) is 17.2 Å². The summed E-state index contributed by atoms with van der Waals surface area (Å²) in [5.74, 6) is -0.861. The van der Waals surface area contributed by atoms with Crippen LogP contribution in [0.15, 0.2) is 45.9 Å². The van der Waals surface area contributed by atoms with Crippen LogP contribution in [0.1, 0.15) is 42.4 Å². The molecule has 0 aliphatic rings. The summed E-state index contributed by atoms with van der Waals surface area (Å²) < 4.78 is 1.27. The van der Waals surface area contributed by atoms with Crippen LogP contribution < -0.4 is 16.4 Å². The zero-order chi connectivity index (χ0) is 19.4. The third-order valence-electron chi connectivity index (χ3n) is 4.07. The Labute approximate surface area is 160 Å². The maximum atomic E-state index is 12.6. The van der Waals surface area contributed by atoms with Crippen molar-refractivity contribution in [1.29, 1.82) is 0 Å². The van der Waals surface area contributed by atoms with E-state index in [-0.39, 0.29) is 29.6 Å². The van der Waals surface area contributed by atoms with Crippen molar-refractivity contribution in [1.82, 2.24) is 20.6 Å². The van der Waals surface area contributed by atoms with Crippen molar-refractivity contribution >= 4 is 33.9 Å². The molecule has 3 rings (SSSR count). The average Bonchev–Trinajstić information content (AvgIpc) is 3.18. The Morgan fingerprint density at radius 3 is 2.56 bits per heavy atom. The molecule has 0 aliphatic carbocycles. The molecule has 0 atom stereocenters. The number of amides is 2. The number of hydrogen-bond acceptors (Lipinski definition) is 5. The van der Waals surface area contributed by atoms with Crippen molar-refractivity contribution in [3.05, 3.63) is 62.7 Å². The van der Waals surface area contributed by atoms with Gasteiger partial charge >= 0.3 is 0 Å². The van der Waals surface area contributed by atoms with Gasteiger partial charge in [0.25, 0.3) is 11.5 Å². The second-order valence-electron chi connectivity index (χ2n) is 6.37. The third kappa shape index (κ3) is 4.22. The molecule has 7 nitrogen and oxygen atoms in total. The lowest BCUT2D eigenvalue weighted by Crippen LogP contribution is -2.43. The number of nitrogens with zero attached hydrogens (tertiary/aromatic N) is 2. The molecule has 0 fully saturated rings. The molecule has 0 unspecified atom stereocenters. The number of nitrogens with one attached hydrogen (secondary N) is 2. The number of carbonyl (C=O) groups is 2. The molecule has 0 saturated heterocycles. The number of aromatic nitrogens is 2. The van der Waals surface area contributed by atoms with Crippen molar-refractivity contribution in [3.63, 3.8) is 0 Å². The second-order valence-corrected chi connectivity index (χ2v) is 7.15. The molecule has 0 saturated carbocycles.